The van der Waals surface area contributed by atoms with Crippen LogP contribution < -0.4 is 0 Å². The molecule has 0 unspecified atom stereocenters. The highest BCUT2D eigenvalue weighted by Crippen LogP contribution is 2.26. The summed E-state index contributed by atoms with van der Waals surface area (Å²) in [6.45, 7) is 1.60. The van der Waals surface area contributed by atoms with Crippen molar-refractivity contribution in [3.8, 4) is 0 Å². The SMILES string of the molecule is C[C@@H](CS)C(=O)N(CC(=O)O)C1CCC1. The first-order valence-corrected chi connectivity index (χ1v) is 5.82. The predicted molar refractivity (Wildman–Crippen MR) is 60.0 cm³/mol. The summed E-state index contributed by atoms with van der Waals surface area (Å²) in [6, 6.07) is 0.135. The Kier molecular flexibility index (Phi) is 4.45. The van der Waals surface area contributed by atoms with E-state index in [4.69, 9.17) is 5.11 Å². The van der Waals surface area contributed by atoms with Crippen molar-refractivity contribution in [1.29, 1.82) is 0 Å². The van der Waals surface area contributed by atoms with Gasteiger partial charge < -0.3 is 10.0 Å². The smallest absolute Gasteiger partial charge is 0.323 e. The molecule has 1 fully saturated rings. The molecule has 86 valence electrons. The number of rotatable bonds is 5. The molecule has 1 aliphatic carbocycles. The summed E-state index contributed by atoms with van der Waals surface area (Å²) in [4.78, 5) is 24.0. The predicted octanol–water partition coefficient (Wildman–Crippen LogP) is 1.02. The van der Waals surface area contributed by atoms with Crippen LogP contribution in [0.15, 0.2) is 0 Å². The number of aliphatic carboxylic acids is 1. The van der Waals surface area contributed by atoms with Gasteiger partial charge in [-0.25, -0.2) is 0 Å². The fourth-order valence-electron chi connectivity index (χ4n) is 1.59. The van der Waals surface area contributed by atoms with E-state index in [2.05, 4.69) is 12.6 Å². The highest BCUT2D eigenvalue weighted by atomic mass is 32.1. The van der Waals surface area contributed by atoms with Gasteiger partial charge in [0, 0.05) is 17.7 Å². The lowest BCUT2D eigenvalue weighted by Crippen LogP contribution is -2.49. The zero-order valence-electron chi connectivity index (χ0n) is 8.85. The number of carbonyl (C=O) groups is 2. The molecule has 0 spiro atoms. The minimum absolute atomic E-state index is 0.0860. The maximum absolute atomic E-state index is 11.9. The van der Waals surface area contributed by atoms with E-state index < -0.39 is 5.97 Å². The second-order valence-electron chi connectivity index (χ2n) is 4.03. The Hall–Kier alpha value is -0.710. The van der Waals surface area contributed by atoms with E-state index in [9.17, 15) is 9.59 Å². The molecule has 1 N–H and O–H groups in total. The molecule has 1 amide bonds. The van der Waals surface area contributed by atoms with Crippen LogP contribution in [0.5, 0.6) is 0 Å². The van der Waals surface area contributed by atoms with Crippen LogP contribution >= 0.6 is 12.6 Å². The Morgan fingerprint density at radius 1 is 1.53 bits per heavy atom. The summed E-state index contributed by atoms with van der Waals surface area (Å²) >= 11 is 4.06. The van der Waals surface area contributed by atoms with Crippen molar-refractivity contribution < 1.29 is 14.7 Å². The fraction of sp³-hybridized carbons (Fsp3) is 0.800. The van der Waals surface area contributed by atoms with Crippen LogP contribution in [0.3, 0.4) is 0 Å². The Labute approximate surface area is 95.1 Å². The molecule has 0 bridgehead atoms. The quantitative estimate of drug-likeness (QED) is 0.694. The second kappa shape index (κ2) is 5.39. The van der Waals surface area contributed by atoms with Gasteiger partial charge in [0.25, 0.3) is 0 Å². The number of hydrogen-bond acceptors (Lipinski definition) is 3. The minimum atomic E-state index is -0.943. The second-order valence-corrected chi connectivity index (χ2v) is 4.39. The minimum Gasteiger partial charge on any atom is -0.480 e. The van der Waals surface area contributed by atoms with Gasteiger partial charge >= 0.3 is 5.97 Å². The normalized spacial score (nSPS) is 18.0. The van der Waals surface area contributed by atoms with Crippen LogP contribution in [0.1, 0.15) is 26.2 Å². The van der Waals surface area contributed by atoms with Crippen molar-refractivity contribution in [2.45, 2.75) is 32.2 Å². The van der Waals surface area contributed by atoms with Crippen LogP contribution in [-0.4, -0.2) is 40.2 Å². The standard InChI is InChI=1S/C10H17NO3S/c1-7(6-15)10(14)11(5-9(12)13)8-3-2-4-8/h7-8,15H,2-6H2,1H3,(H,12,13)/t7-/m0/s1. The van der Waals surface area contributed by atoms with Gasteiger partial charge in [-0.3, -0.25) is 9.59 Å². The number of carbonyl (C=O) groups excluding carboxylic acids is 1. The molecular formula is C10H17NO3S. The van der Waals surface area contributed by atoms with E-state index >= 15 is 0 Å². The summed E-state index contributed by atoms with van der Waals surface area (Å²) in [5, 5.41) is 8.74. The molecule has 1 aliphatic rings. The van der Waals surface area contributed by atoms with Gasteiger partial charge in [-0.15, -0.1) is 0 Å². The summed E-state index contributed by atoms with van der Waals surface area (Å²) < 4.78 is 0. The summed E-state index contributed by atoms with van der Waals surface area (Å²) in [5.74, 6) is -0.770. The third kappa shape index (κ3) is 3.12. The van der Waals surface area contributed by atoms with Crippen LogP contribution in [0.2, 0.25) is 0 Å². The topological polar surface area (TPSA) is 57.6 Å². The summed E-state index contributed by atoms with van der Waals surface area (Å²) in [6.07, 6.45) is 2.94. The fourth-order valence-corrected chi connectivity index (χ4v) is 1.75. The van der Waals surface area contributed by atoms with Crippen molar-refractivity contribution in [1.82, 2.24) is 4.90 Å². The van der Waals surface area contributed by atoms with Gasteiger partial charge in [-0.1, -0.05) is 6.92 Å². The van der Waals surface area contributed by atoms with Gasteiger partial charge in [0.1, 0.15) is 6.54 Å². The molecule has 0 heterocycles. The first-order chi connectivity index (χ1) is 7.06. The van der Waals surface area contributed by atoms with Crippen molar-refractivity contribution in [3.63, 3.8) is 0 Å². The third-order valence-electron chi connectivity index (χ3n) is 2.80. The van der Waals surface area contributed by atoms with Crippen molar-refractivity contribution in [3.05, 3.63) is 0 Å². The zero-order valence-corrected chi connectivity index (χ0v) is 9.74. The third-order valence-corrected chi connectivity index (χ3v) is 3.35. The largest absolute Gasteiger partial charge is 0.480 e. The molecule has 1 saturated carbocycles. The van der Waals surface area contributed by atoms with Crippen LogP contribution in [0, 0.1) is 5.92 Å². The van der Waals surface area contributed by atoms with E-state index in [1.54, 1.807) is 6.92 Å². The number of carboxylic acids is 1. The molecule has 0 aromatic heterocycles. The molecule has 0 saturated heterocycles. The lowest BCUT2D eigenvalue weighted by atomic mass is 9.90. The molecule has 4 nitrogen and oxygen atoms in total. The Morgan fingerprint density at radius 2 is 2.13 bits per heavy atom. The number of hydrogen-bond donors (Lipinski definition) is 2. The van der Waals surface area contributed by atoms with Gasteiger partial charge in [0.05, 0.1) is 0 Å². The van der Waals surface area contributed by atoms with Crippen molar-refractivity contribution in [2.75, 3.05) is 12.3 Å². The van der Waals surface area contributed by atoms with Crippen molar-refractivity contribution in [2.24, 2.45) is 5.92 Å². The molecule has 1 atom stereocenters. The van der Waals surface area contributed by atoms with Gasteiger partial charge in [0.2, 0.25) is 5.91 Å². The molecule has 0 aromatic carbocycles. The molecule has 0 aromatic rings. The molecule has 15 heavy (non-hydrogen) atoms. The molecular weight excluding hydrogens is 214 g/mol. The summed E-state index contributed by atoms with van der Waals surface area (Å²) in [5.41, 5.74) is 0. The maximum atomic E-state index is 11.9. The lowest BCUT2D eigenvalue weighted by molar-refractivity contribution is -0.149. The van der Waals surface area contributed by atoms with E-state index in [0.717, 1.165) is 19.3 Å². The van der Waals surface area contributed by atoms with E-state index in [1.165, 1.54) is 4.90 Å². The first-order valence-electron chi connectivity index (χ1n) is 5.19. The van der Waals surface area contributed by atoms with Crippen molar-refractivity contribution >= 4 is 24.5 Å². The van der Waals surface area contributed by atoms with Crippen LogP contribution in [0.25, 0.3) is 0 Å². The molecule has 0 aliphatic heterocycles. The van der Waals surface area contributed by atoms with Crippen LogP contribution in [-0.2, 0) is 9.59 Å². The monoisotopic (exact) mass is 231 g/mol. The number of nitrogens with zero attached hydrogens (tertiary/aromatic N) is 1. The first kappa shape index (κ1) is 12.4. The van der Waals surface area contributed by atoms with Gasteiger partial charge in [-0.2, -0.15) is 12.6 Å². The molecule has 5 heteroatoms. The average Bonchev–Trinajstić information content (AvgIpc) is 2.11. The highest BCUT2D eigenvalue weighted by molar-refractivity contribution is 7.80. The van der Waals surface area contributed by atoms with E-state index in [-0.39, 0.29) is 24.4 Å². The number of amides is 1. The van der Waals surface area contributed by atoms with E-state index in [1.807, 2.05) is 0 Å². The van der Waals surface area contributed by atoms with Gasteiger partial charge in [-0.05, 0) is 19.3 Å². The molecule has 1 rings (SSSR count). The maximum Gasteiger partial charge on any atom is 0.323 e. The number of carboxylic acid groups (broad SMARTS) is 1. The summed E-state index contributed by atoms with van der Waals surface area (Å²) in [7, 11) is 0. The Balaban J connectivity index is 2.61. The zero-order chi connectivity index (χ0) is 11.4. The number of thiol groups is 1. The Morgan fingerprint density at radius 3 is 2.47 bits per heavy atom. The van der Waals surface area contributed by atoms with Crippen LogP contribution in [0.4, 0.5) is 0 Å². The highest BCUT2D eigenvalue weighted by Gasteiger charge is 2.31. The lowest BCUT2D eigenvalue weighted by Gasteiger charge is -2.37. The molecule has 0 radical (unpaired) electrons. The van der Waals surface area contributed by atoms with Gasteiger partial charge in [0.15, 0.2) is 0 Å². The Bertz CT molecular complexity index is 253. The average molecular weight is 231 g/mol. The van der Waals surface area contributed by atoms with E-state index in [0.29, 0.717) is 5.75 Å².